The molecule has 0 saturated carbocycles. The topological polar surface area (TPSA) is 42.1 Å². The minimum atomic E-state index is -0.191. The fourth-order valence-corrected chi connectivity index (χ4v) is 3.26. The number of nitrogens with zero attached hydrogens (tertiary/aromatic N) is 1. The maximum Gasteiger partial charge on any atom is 0.228 e. The van der Waals surface area contributed by atoms with Gasteiger partial charge < -0.3 is 14.4 Å². The van der Waals surface area contributed by atoms with Crippen LogP contribution in [-0.2, 0) is 14.3 Å². The van der Waals surface area contributed by atoms with Crippen molar-refractivity contribution >= 4 is 5.91 Å². The van der Waals surface area contributed by atoms with Crippen molar-refractivity contribution in [3.05, 3.63) is 35.9 Å². The Balaban J connectivity index is 1.55. The third-order valence-corrected chi connectivity index (χ3v) is 4.29. The van der Waals surface area contributed by atoms with Gasteiger partial charge in [-0.1, -0.05) is 30.3 Å². The summed E-state index contributed by atoms with van der Waals surface area (Å²) in [5, 5.41) is 0. The van der Waals surface area contributed by atoms with Gasteiger partial charge >= 0.3 is 0 Å². The summed E-state index contributed by atoms with van der Waals surface area (Å²) in [5.74, 6) is 0.375. The molecule has 0 N–H and O–H groups in total. The van der Waals surface area contributed by atoms with Crippen LogP contribution in [0.2, 0.25) is 0 Å². The van der Waals surface area contributed by atoms with Gasteiger partial charge in [0.25, 0.3) is 0 Å². The third-order valence-electron chi connectivity index (χ3n) is 4.29. The largest absolute Gasteiger partial charge is 0.373 e. The second kappa shape index (κ2) is 4.32. The Bertz CT molecular complexity index is 485. The molecule has 1 aromatic rings. The van der Waals surface area contributed by atoms with Crippen molar-refractivity contribution in [1.82, 2.24) is 4.90 Å². The Kier molecular flexibility index (Phi) is 2.60. The molecule has 3 aliphatic rings. The molecular weight excluding hydrogens is 242 g/mol. The smallest absolute Gasteiger partial charge is 0.228 e. The number of fused-ring (bicyclic) bond motifs is 1. The molecule has 0 aliphatic carbocycles. The highest BCUT2D eigenvalue weighted by Crippen LogP contribution is 2.41. The van der Waals surface area contributed by atoms with Gasteiger partial charge in [0.2, 0.25) is 5.91 Å². The molecule has 4 nitrogen and oxygen atoms in total. The number of ether oxygens (including phenoxy) is 2. The molecule has 0 aromatic heterocycles. The molecule has 3 aliphatic heterocycles. The van der Waals surface area contributed by atoms with Gasteiger partial charge in [-0.15, -0.1) is 0 Å². The van der Waals surface area contributed by atoms with Gasteiger partial charge in [-0.3, -0.25) is 4.79 Å². The summed E-state index contributed by atoms with van der Waals surface area (Å²) in [6, 6.07) is 10.3. The van der Waals surface area contributed by atoms with Crippen molar-refractivity contribution in [2.24, 2.45) is 5.92 Å². The highest BCUT2D eigenvalue weighted by molar-refractivity contribution is 5.82. The first-order valence-electron chi connectivity index (χ1n) is 6.93. The molecule has 4 rings (SSSR count). The minimum absolute atomic E-state index is 0.132. The molecule has 0 spiro atoms. The van der Waals surface area contributed by atoms with E-state index < -0.39 is 0 Å². The first-order valence-corrected chi connectivity index (χ1v) is 6.93. The molecule has 4 atom stereocenters. The zero-order valence-corrected chi connectivity index (χ0v) is 10.7. The van der Waals surface area contributed by atoms with Crippen LogP contribution in [-0.4, -0.2) is 36.2 Å². The van der Waals surface area contributed by atoms with Gasteiger partial charge in [0.1, 0.15) is 0 Å². The fraction of sp³-hybridized carbons (Fsp3) is 0.533. The van der Waals surface area contributed by atoms with Gasteiger partial charge in [-0.2, -0.15) is 0 Å². The zero-order chi connectivity index (χ0) is 12.8. The monoisotopic (exact) mass is 259 g/mol. The summed E-state index contributed by atoms with van der Waals surface area (Å²) in [6.45, 7) is 1.49. The fourth-order valence-electron chi connectivity index (χ4n) is 3.26. The van der Waals surface area contributed by atoms with E-state index in [1.54, 1.807) is 0 Å². The molecule has 100 valence electrons. The lowest BCUT2D eigenvalue weighted by atomic mass is 10.00. The Morgan fingerprint density at radius 2 is 1.95 bits per heavy atom. The number of hydrogen-bond acceptors (Lipinski definition) is 3. The summed E-state index contributed by atoms with van der Waals surface area (Å²) < 4.78 is 11.1. The van der Waals surface area contributed by atoms with Crippen LogP contribution in [0.15, 0.2) is 30.3 Å². The Morgan fingerprint density at radius 3 is 2.68 bits per heavy atom. The van der Waals surface area contributed by atoms with E-state index in [-0.39, 0.29) is 24.1 Å². The molecule has 3 fully saturated rings. The normalized spacial score (nSPS) is 36.6. The third kappa shape index (κ3) is 1.95. The number of amides is 1. The van der Waals surface area contributed by atoms with E-state index in [1.807, 2.05) is 35.2 Å². The summed E-state index contributed by atoms with van der Waals surface area (Å²) in [4.78, 5) is 14.5. The Morgan fingerprint density at radius 1 is 1.16 bits per heavy atom. The van der Waals surface area contributed by atoms with Crippen LogP contribution in [0.5, 0.6) is 0 Å². The minimum Gasteiger partial charge on any atom is -0.373 e. The predicted molar refractivity (Wildman–Crippen MR) is 68.2 cm³/mol. The van der Waals surface area contributed by atoms with Crippen molar-refractivity contribution in [3.8, 4) is 0 Å². The number of carbonyl (C=O) groups excluding carboxylic acids is 1. The van der Waals surface area contributed by atoms with Crippen molar-refractivity contribution in [1.29, 1.82) is 0 Å². The highest BCUT2D eigenvalue weighted by Gasteiger charge is 2.49. The van der Waals surface area contributed by atoms with E-state index in [0.29, 0.717) is 12.7 Å². The van der Waals surface area contributed by atoms with Crippen molar-refractivity contribution in [2.45, 2.75) is 31.2 Å². The average Bonchev–Trinajstić information content (AvgIpc) is 3.07. The molecule has 3 heterocycles. The van der Waals surface area contributed by atoms with Crippen molar-refractivity contribution in [2.75, 3.05) is 13.2 Å². The van der Waals surface area contributed by atoms with Crippen LogP contribution in [0.25, 0.3) is 0 Å². The second-order valence-corrected chi connectivity index (χ2v) is 5.62. The quantitative estimate of drug-likeness (QED) is 0.776. The molecule has 19 heavy (non-hydrogen) atoms. The molecule has 0 bridgehead atoms. The van der Waals surface area contributed by atoms with Crippen molar-refractivity contribution < 1.29 is 14.3 Å². The van der Waals surface area contributed by atoms with Crippen LogP contribution in [0.4, 0.5) is 0 Å². The van der Waals surface area contributed by atoms with Crippen LogP contribution in [0.3, 0.4) is 0 Å². The van der Waals surface area contributed by atoms with Crippen molar-refractivity contribution in [3.63, 3.8) is 0 Å². The maximum atomic E-state index is 12.5. The summed E-state index contributed by atoms with van der Waals surface area (Å²) in [6.07, 6.45) is 1.93. The first kappa shape index (κ1) is 11.4. The SMILES string of the molecule is O=C1[C@@H](CC2CO2)C[C@H]2COC(c3ccccc3)N12. The number of rotatable bonds is 3. The zero-order valence-electron chi connectivity index (χ0n) is 10.7. The molecule has 3 saturated heterocycles. The van der Waals surface area contributed by atoms with Crippen LogP contribution < -0.4 is 0 Å². The van der Waals surface area contributed by atoms with Crippen LogP contribution in [0, 0.1) is 5.92 Å². The Hall–Kier alpha value is -1.39. The second-order valence-electron chi connectivity index (χ2n) is 5.62. The van der Waals surface area contributed by atoms with E-state index in [9.17, 15) is 4.79 Å². The Labute approximate surface area is 112 Å². The van der Waals surface area contributed by atoms with E-state index >= 15 is 0 Å². The van der Waals surface area contributed by atoms with Gasteiger partial charge in [0.05, 0.1) is 25.4 Å². The van der Waals surface area contributed by atoms with Crippen LogP contribution in [0.1, 0.15) is 24.6 Å². The molecule has 2 unspecified atom stereocenters. The summed E-state index contributed by atoms with van der Waals surface area (Å²) >= 11 is 0. The number of benzene rings is 1. The van der Waals surface area contributed by atoms with Gasteiger partial charge in [0.15, 0.2) is 6.23 Å². The van der Waals surface area contributed by atoms with E-state index in [0.717, 1.165) is 25.0 Å². The van der Waals surface area contributed by atoms with Crippen LogP contribution >= 0.6 is 0 Å². The molecule has 1 aromatic carbocycles. The number of hydrogen-bond donors (Lipinski definition) is 0. The predicted octanol–water partition coefficient (Wildman–Crippen LogP) is 1.72. The maximum absolute atomic E-state index is 12.5. The van der Waals surface area contributed by atoms with Gasteiger partial charge in [-0.25, -0.2) is 0 Å². The number of epoxide rings is 1. The lowest BCUT2D eigenvalue weighted by Crippen LogP contribution is -2.32. The molecular formula is C15H17NO3. The van der Waals surface area contributed by atoms with E-state index in [1.165, 1.54) is 0 Å². The molecule has 1 amide bonds. The van der Waals surface area contributed by atoms with E-state index in [2.05, 4.69) is 0 Å². The van der Waals surface area contributed by atoms with Gasteiger partial charge in [-0.05, 0) is 12.8 Å². The lowest BCUT2D eigenvalue weighted by molar-refractivity contribution is -0.137. The summed E-state index contributed by atoms with van der Waals surface area (Å²) in [5.41, 5.74) is 1.07. The molecule has 4 heteroatoms. The first-order chi connectivity index (χ1) is 9.33. The summed E-state index contributed by atoms with van der Waals surface area (Å²) in [7, 11) is 0. The average molecular weight is 259 g/mol. The van der Waals surface area contributed by atoms with E-state index in [4.69, 9.17) is 9.47 Å². The highest BCUT2D eigenvalue weighted by atomic mass is 16.6. The molecule has 0 radical (unpaired) electrons. The van der Waals surface area contributed by atoms with Gasteiger partial charge in [0, 0.05) is 11.5 Å². The standard InChI is InChI=1S/C15H17NO3/c17-14-11(7-13-9-18-13)6-12-8-19-15(16(12)14)10-4-2-1-3-5-10/h1-5,11-13,15H,6-9H2/t11-,12+,13?,15?/m1/s1. The number of carbonyl (C=O) groups is 1. The lowest BCUT2D eigenvalue weighted by Gasteiger charge is -2.23.